The van der Waals surface area contributed by atoms with Crippen LogP contribution in [0.15, 0.2) is 46.9 Å². The number of amides is 1. The van der Waals surface area contributed by atoms with Crippen LogP contribution in [0.3, 0.4) is 0 Å². The molecule has 3 nitrogen and oxygen atoms in total. The minimum absolute atomic E-state index is 0.266. The number of hydrogen-bond acceptors (Lipinski definition) is 2. The molecule has 0 aliphatic carbocycles. The van der Waals surface area contributed by atoms with E-state index in [-0.39, 0.29) is 16.2 Å². The number of carbonyl (C=O) groups is 1. The van der Waals surface area contributed by atoms with Crippen LogP contribution in [0.1, 0.15) is 15.9 Å². The van der Waals surface area contributed by atoms with Crippen LogP contribution < -0.4 is 5.32 Å². The number of carbonyl (C=O) groups excluding carboxylic acids is 1. The predicted molar refractivity (Wildman–Crippen MR) is 85.9 cm³/mol. The van der Waals surface area contributed by atoms with Gasteiger partial charge in [-0.1, -0.05) is 12.1 Å². The summed E-state index contributed by atoms with van der Waals surface area (Å²) in [6.45, 7) is 0.797. The maximum Gasteiger partial charge on any atom is 0.255 e. The Labute approximate surface area is 131 Å². The Morgan fingerprint density at radius 2 is 2.00 bits per heavy atom. The summed E-state index contributed by atoms with van der Waals surface area (Å²) in [6.07, 6.45) is 0. The van der Waals surface area contributed by atoms with E-state index < -0.39 is 0 Å². The van der Waals surface area contributed by atoms with Gasteiger partial charge in [0.1, 0.15) is 5.82 Å². The summed E-state index contributed by atoms with van der Waals surface area (Å²) in [7, 11) is 3.97. The number of hydrogen-bond donors (Lipinski definition) is 1. The van der Waals surface area contributed by atoms with E-state index in [1.807, 2.05) is 38.4 Å². The molecule has 0 saturated carbocycles. The number of rotatable bonds is 4. The molecule has 1 amide bonds. The number of benzene rings is 2. The van der Waals surface area contributed by atoms with Crippen LogP contribution in [0.5, 0.6) is 0 Å². The second kappa shape index (κ2) is 6.83. The molecule has 1 N–H and O–H groups in total. The van der Waals surface area contributed by atoms with Crippen LogP contribution in [0.25, 0.3) is 0 Å². The van der Waals surface area contributed by atoms with Gasteiger partial charge in [0.2, 0.25) is 0 Å². The van der Waals surface area contributed by atoms with Crippen LogP contribution in [0.2, 0.25) is 0 Å². The van der Waals surface area contributed by atoms with Crippen molar-refractivity contribution in [1.82, 2.24) is 4.90 Å². The summed E-state index contributed by atoms with van der Waals surface area (Å²) in [5, 5.41) is 2.82. The third kappa shape index (κ3) is 4.37. The van der Waals surface area contributed by atoms with Crippen LogP contribution in [-0.2, 0) is 6.54 Å². The molecule has 0 aromatic heterocycles. The highest BCUT2D eigenvalue weighted by Crippen LogP contribution is 2.18. The van der Waals surface area contributed by atoms with E-state index in [0.717, 1.165) is 17.8 Å². The standard InChI is InChI=1S/C16H16BrFN2O/c1-20(2)10-11-4-3-5-13(8-11)19-16(21)12-6-7-15(18)14(17)9-12/h3-9H,10H2,1-2H3,(H,19,21). The van der Waals surface area contributed by atoms with Crippen LogP contribution in [0, 0.1) is 5.82 Å². The number of nitrogens with one attached hydrogen (secondary N) is 1. The van der Waals surface area contributed by atoms with Gasteiger partial charge in [-0.3, -0.25) is 4.79 Å². The zero-order valence-electron chi connectivity index (χ0n) is 11.9. The second-order valence-corrected chi connectivity index (χ2v) is 5.88. The van der Waals surface area contributed by atoms with Crippen molar-refractivity contribution in [2.24, 2.45) is 0 Å². The first-order valence-electron chi connectivity index (χ1n) is 6.46. The molecule has 0 aliphatic rings. The van der Waals surface area contributed by atoms with E-state index >= 15 is 0 Å². The summed E-state index contributed by atoms with van der Waals surface area (Å²) < 4.78 is 13.5. The van der Waals surface area contributed by atoms with Crippen molar-refractivity contribution in [2.45, 2.75) is 6.54 Å². The first-order valence-corrected chi connectivity index (χ1v) is 7.25. The zero-order valence-corrected chi connectivity index (χ0v) is 13.4. The molecule has 0 radical (unpaired) electrons. The van der Waals surface area contributed by atoms with E-state index in [4.69, 9.17) is 0 Å². The molecule has 0 unspecified atom stereocenters. The Hall–Kier alpha value is -1.72. The van der Waals surface area contributed by atoms with Crippen molar-refractivity contribution in [2.75, 3.05) is 19.4 Å². The second-order valence-electron chi connectivity index (χ2n) is 5.02. The van der Waals surface area contributed by atoms with Gasteiger partial charge >= 0.3 is 0 Å². The molecule has 0 bridgehead atoms. The fourth-order valence-electron chi connectivity index (χ4n) is 1.95. The Morgan fingerprint density at radius 1 is 1.24 bits per heavy atom. The summed E-state index contributed by atoms with van der Waals surface area (Å²) in [5.74, 6) is -0.655. The molecule has 0 atom stereocenters. The lowest BCUT2D eigenvalue weighted by atomic mass is 10.1. The predicted octanol–water partition coefficient (Wildman–Crippen LogP) is 3.90. The average molecular weight is 351 g/mol. The molecule has 0 saturated heterocycles. The maximum absolute atomic E-state index is 13.2. The largest absolute Gasteiger partial charge is 0.322 e. The highest BCUT2D eigenvalue weighted by Gasteiger charge is 2.09. The van der Waals surface area contributed by atoms with Crippen LogP contribution in [-0.4, -0.2) is 24.9 Å². The first kappa shape index (κ1) is 15.7. The summed E-state index contributed by atoms with van der Waals surface area (Å²) in [6, 6.07) is 11.8. The molecular weight excluding hydrogens is 335 g/mol. The molecule has 0 spiro atoms. The Morgan fingerprint density at radius 3 is 2.67 bits per heavy atom. The van der Waals surface area contributed by atoms with Crippen molar-refractivity contribution in [3.8, 4) is 0 Å². The fraction of sp³-hybridized carbons (Fsp3) is 0.188. The Kier molecular flexibility index (Phi) is 5.09. The lowest BCUT2D eigenvalue weighted by Crippen LogP contribution is -2.13. The third-order valence-electron chi connectivity index (χ3n) is 2.87. The van der Waals surface area contributed by atoms with Gasteiger partial charge in [-0.15, -0.1) is 0 Å². The quantitative estimate of drug-likeness (QED) is 0.906. The highest BCUT2D eigenvalue weighted by molar-refractivity contribution is 9.10. The molecule has 110 valence electrons. The highest BCUT2D eigenvalue weighted by atomic mass is 79.9. The molecule has 0 aliphatic heterocycles. The maximum atomic E-state index is 13.2. The summed E-state index contributed by atoms with van der Waals surface area (Å²) >= 11 is 3.08. The lowest BCUT2D eigenvalue weighted by molar-refractivity contribution is 0.102. The normalized spacial score (nSPS) is 10.7. The van der Waals surface area contributed by atoms with Crippen LogP contribution >= 0.6 is 15.9 Å². The average Bonchev–Trinajstić information content (AvgIpc) is 2.41. The first-order chi connectivity index (χ1) is 9.95. The molecule has 21 heavy (non-hydrogen) atoms. The lowest BCUT2D eigenvalue weighted by Gasteiger charge is -2.11. The van der Waals surface area contributed by atoms with Crippen molar-refractivity contribution in [3.63, 3.8) is 0 Å². The van der Waals surface area contributed by atoms with E-state index in [1.54, 1.807) is 0 Å². The number of nitrogens with zero attached hydrogens (tertiary/aromatic N) is 1. The van der Waals surface area contributed by atoms with Gasteiger partial charge < -0.3 is 10.2 Å². The minimum Gasteiger partial charge on any atom is -0.322 e. The van der Waals surface area contributed by atoms with Gasteiger partial charge in [0.05, 0.1) is 4.47 Å². The monoisotopic (exact) mass is 350 g/mol. The van der Waals surface area contributed by atoms with Crippen molar-refractivity contribution in [1.29, 1.82) is 0 Å². The number of anilines is 1. The van der Waals surface area contributed by atoms with E-state index in [0.29, 0.717) is 5.56 Å². The van der Waals surface area contributed by atoms with E-state index in [2.05, 4.69) is 26.1 Å². The van der Waals surface area contributed by atoms with Gasteiger partial charge in [-0.05, 0) is 65.9 Å². The topological polar surface area (TPSA) is 32.3 Å². The van der Waals surface area contributed by atoms with Crippen molar-refractivity contribution >= 4 is 27.5 Å². The SMILES string of the molecule is CN(C)Cc1cccc(NC(=O)c2ccc(F)c(Br)c2)c1. The van der Waals surface area contributed by atoms with Gasteiger partial charge in [0.25, 0.3) is 5.91 Å². The fourth-order valence-corrected chi connectivity index (χ4v) is 2.33. The van der Waals surface area contributed by atoms with Gasteiger partial charge in [0.15, 0.2) is 0 Å². The minimum atomic E-state index is -0.389. The zero-order chi connectivity index (χ0) is 15.4. The summed E-state index contributed by atoms with van der Waals surface area (Å²) in [5.41, 5.74) is 2.24. The van der Waals surface area contributed by atoms with Gasteiger partial charge in [-0.25, -0.2) is 4.39 Å². The molecule has 0 heterocycles. The van der Waals surface area contributed by atoms with Crippen LogP contribution in [0.4, 0.5) is 10.1 Å². The molecule has 2 aromatic rings. The molecule has 0 fully saturated rings. The van der Waals surface area contributed by atoms with Crippen molar-refractivity contribution in [3.05, 3.63) is 63.9 Å². The van der Waals surface area contributed by atoms with Crippen molar-refractivity contribution < 1.29 is 9.18 Å². The smallest absolute Gasteiger partial charge is 0.255 e. The van der Waals surface area contributed by atoms with Gasteiger partial charge in [-0.2, -0.15) is 0 Å². The molecule has 2 aromatic carbocycles. The molecule has 5 heteroatoms. The van der Waals surface area contributed by atoms with E-state index in [1.165, 1.54) is 18.2 Å². The van der Waals surface area contributed by atoms with E-state index in [9.17, 15) is 9.18 Å². The Bertz CT molecular complexity index is 658. The number of halogens is 2. The summed E-state index contributed by atoms with van der Waals surface area (Å²) in [4.78, 5) is 14.2. The van der Waals surface area contributed by atoms with Gasteiger partial charge in [0, 0.05) is 17.8 Å². The molecule has 2 rings (SSSR count). The third-order valence-corrected chi connectivity index (χ3v) is 3.47. The molecular formula is C16H16BrFN2O. The Balaban J connectivity index is 2.13.